The Morgan fingerprint density at radius 2 is 1.86 bits per heavy atom. The van der Waals surface area contributed by atoms with Crippen molar-refractivity contribution in [3.8, 4) is 11.1 Å². The summed E-state index contributed by atoms with van der Waals surface area (Å²) in [5, 5.41) is 0.189. The lowest BCUT2D eigenvalue weighted by Crippen LogP contribution is -2.53. The molecule has 0 atom stereocenters. The first-order valence-corrected chi connectivity index (χ1v) is 11.1. The Morgan fingerprint density at radius 3 is 2.49 bits per heavy atom. The van der Waals surface area contributed by atoms with Gasteiger partial charge in [-0.3, -0.25) is 14.5 Å². The van der Waals surface area contributed by atoms with Crippen molar-refractivity contribution in [2.75, 3.05) is 29.9 Å². The second kappa shape index (κ2) is 9.47. The van der Waals surface area contributed by atoms with Crippen molar-refractivity contribution < 1.29 is 27.2 Å². The van der Waals surface area contributed by atoms with E-state index in [0.29, 0.717) is 28.0 Å². The molecule has 2 heterocycles. The van der Waals surface area contributed by atoms with Crippen LogP contribution in [0.5, 0.6) is 0 Å². The lowest BCUT2D eigenvalue weighted by atomic mass is 9.97. The molecule has 3 aromatic rings. The molecule has 1 fully saturated rings. The minimum atomic E-state index is -4.37. The molecule has 0 N–H and O–H groups in total. The third kappa shape index (κ3) is 4.83. The van der Waals surface area contributed by atoms with E-state index in [4.69, 9.17) is 23.2 Å². The Hall–Kier alpha value is -3.17. The molecule has 0 bridgehead atoms. The monoisotopic (exact) mass is 525 g/mol. The largest absolute Gasteiger partial charge is 0.395 e. The van der Waals surface area contributed by atoms with Crippen LogP contribution in [0, 0.1) is 11.7 Å². The van der Waals surface area contributed by atoms with Crippen LogP contribution in [0.2, 0.25) is 10.0 Å². The molecule has 1 amide bonds. The van der Waals surface area contributed by atoms with Crippen LogP contribution in [-0.2, 0) is 0 Å². The Balaban J connectivity index is 1.78. The van der Waals surface area contributed by atoms with E-state index in [1.54, 1.807) is 0 Å². The molecule has 5 nitrogen and oxygen atoms in total. The summed E-state index contributed by atoms with van der Waals surface area (Å²) >= 11 is 12.3. The summed E-state index contributed by atoms with van der Waals surface area (Å²) in [6.07, 6.45) is -2.36. The van der Waals surface area contributed by atoms with E-state index < -0.39 is 23.8 Å². The van der Waals surface area contributed by atoms with Gasteiger partial charge in [0.25, 0.3) is 5.91 Å². The zero-order valence-corrected chi connectivity index (χ0v) is 19.6. The maximum absolute atomic E-state index is 14.4. The minimum absolute atomic E-state index is 0.0151. The molecule has 0 spiro atoms. The predicted molar refractivity (Wildman–Crippen MR) is 126 cm³/mol. The van der Waals surface area contributed by atoms with Gasteiger partial charge in [0.2, 0.25) is 0 Å². The van der Waals surface area contributed by atoms with Crippen LogP contribution in [0.15, 0.2) is 48.7 Å². The minimum Gasteiger partial charge on any atom is -0.367 e. The summed E-state index contributed by atoms with van der Waals surface area (Å²) in [6.45, 7) is -0.682. The van der Waals surface area contributed by atoms with Crippen molar-refractivity contribution in [3.05, 3.63) is 75.7 Å². The number of nitrogens with zero attached hydrogens (tertiary/aromatic N) is 3. The number of benzene rings is 2. The van der Waals surface area contributed by atoms with Gasteiger partial charge in [-0.2, -0.15) is 13.2 Å². The molecule has 1 aliphatic heterocycles. The molecule has 0 unspecified atom stereocenters. The van der Waals surface area contributed by atoms with E-state index in [2.05, 4.69) is 4.98 Å². The highest BCUT2D eigenvalue weighted by molar-refractivity contribution is 6.34. The molecule has 0 saturated carbocycles. The Bertz CT molecular complexity index is 1290. The fraction of sp³-hybridized carbons (Fsp3) is 0.208. The number of aldehydes is 1. The summed E-state index contributed by atoms with van der Waals surface area (Å²) in [4.78, 5) is 31.1. The van der Waals surface area contributed by atoms with E-state index in [9.17, 15) is 27.2 Å². The van der Waals surface area contributed by atoms with Crippen molar-refractivity contribution in [3.63, 3.8) is 0 Å². The van der Waals surface area contributed by atoms with Crippen molar-refractivity contribution in [1.82, 2.24) is 4.98 Å². The zero-order chi connectivity index (χ0) is 25.5. The second-order valence-corrected chi connectivity index (χ2v) is 8.84. The SMILES string of the molecule is CN(C(=O)c1c(F)cccc1Cl)c1ncc(-c2cc(C=O)ccc2Cl)cc1N1CC(C(F)(F)F)C1. The maximum Gasteiger partial charge on any atom is 0.395 e. The summed E-state index contributed by atoms with van der Waals surface area (Å²) in [7, 11) is 1.33. The molecule has 1 aromatic heterocycles. The molecule has 4 rings (SSSR count). The third-order valence-electron chi connectivity index (χ3n) is 5.77. The van der Waals surface area contributed by atoms with Gasteiger partial charge in [-0.1, -0.05) is 35.3 Å². The summed E-state index contributed by atoms with van der Waals surface area (Å²) in [6, 6.07) is 9.89. The first-order valence-electron chi connectivity index (χ1n) is 10.3. The lowest BCUT2D eigenvalue weighted by Gasteiger charge is -2.42. The van der Waals surface area contributed by atoms with Crippen molar-refractivity contribution >= 4 is 46.9 Å². The average Bonchev–Trinajstić information content (AvgIpc) is 2.77. The van der Waals surface area contributed by atoms with Crippen molar-refractivity contribution in [1.29, 1.82) is 0 Å². The van der Waals surface area contributed by atoms with Crippen LogP contribution >= 0.6 is 23.2 Å². The Labute approximate surface area is 207 Å². The molecular weight excluding hydrogens is 509 g/mol. The number of alkyl halides is 3. The molecule has 35 heavy (non-hydrogen) atoms. The lowest BCUT2D eigenvalue weighted by molar-refractivity contribution is -0.180. The highest BCUT2D eigenvalue weighted by atomic mass is 35.5. The van der Waals surface area contributed by atoms with E-state index in [1.807, 2.05) is 0 Å². The highest BCUT2D eigenvalue weighted by Gasteiger charge is 2.48. The molecular formula is C24H17Cl2F4N3O2. The maximum atomic E-state index is 14.4. The van der Waals surface area contributed by atoms with Gasteiger partial charge in [0.05, 0.1) is 22.2 Å². The topological polar surface area (TPSA) is 53.5 Å². The number of hydrogen-bond acceptors (Lipinski definition) is 4. The molecule has 11 heteroatoms. The number of carbonyl (C=O) groups excluding carboxylic acids is 2. The van der Waals surface area contributed by atoms with Gasteiger partial charge in [0.15, 0.2) is 5.82 Å². The Kier molecular flexibility index (Phi) is 6.75. The zero-order valence-electron chi connectivity index (χ0n) is 18.1. The summed E-state index contributed by atoms with van der Waals surface area (Å²) in [5.41, 5.74) is 1.05. The number of aromatic nitrogens is 1. The van der Waals surface area contributed by atoms with E-state index in [0.717, 1.165) is 11.0 Å². The number of halogens is 6. The summed E-state index contributed by atoms with van der Waals surface area (Å²) in [5.74, 6) is -3.18. The first-order chi connectivity index (χ1) is 16.5. The molecule has 1 aliphatic rings. The van der Waals surface area contributed by atoms with Gasteiger partial charge < -0.3 is 4.90 Å². The normalized spacial score (nSPS) is 14.0. The molecule has 2 aromatic carbocycles. The fourth-order valence-electron chi connectivity index (χ4n) is 3.77. The van der Waals surface area contributed by atoms with Crippen LogP contribution in [0.1, 0.15) is 20.7 Å². The Morgan fingerprint density at radius 1 is 1.14 bits per heavy atom. The van der Waals surface area contributed by atoms with Crippen LogP contribution in [-0.4, -0.2) is 43.5 Å². The fourth-order valence-corrected chi connectivity index (χ4v) is 4.24. The van der Waals surface area contributed by atoms with Crippen LogP contribution in [0.4, 0.5) is 29.1 Å². The molecule has 0 aliphatic carbocycles. The van der Waals surface area contributed by atoms with E-state index >= 15 is 0 Å². The van der Waals surface area contributed by atoms with Crippen LogP contribution in [0.25, 0.3) is 11.1 Å². The quantitative estimate of drug-likeness (QED) is 0.290. The standard InChI is InChI=1S/C24H17Cl2F4N3O2/c1-32(23(35)21-18(26)3-2-4-19(21)27)22-20(33-10-15(11-33)24(28,29)30)8-14(9-31-22)16-7-13(12-34)5-6-17(16)25/h2-9,12,15H,10-11H2,1H3. The van der Waals surface area contributed by atoms with Gasteiger partial charge in [-0.05, 0) is 30.3 Å². The van der Waals surface area contributed by atoms with Crippen molar-refractivity contribution in [2.45, 2.75) is 6.18 Å². The smallest absolute Gasteiger partial charge is 0.367 e. The third-order valence-corrected chi connectivity index (χ3v) is 6.41. The first kappa shape index (κ1) is 24.9. The number of hydrogen-bond donors (Lipinski definition) is 0. The second-order valence-electron chi connectivity index (χ2n) is 8.03. The number of rotatable bonds is 5. The van der Waals surface area contributed by atoms with Crippen molar-refractivity contribution in [2.24, 2.45) is 5.92 Å². The van der Waals surface area contributed by atoms with E-state index in [1.165, 1.54) is 54.5 Å². The summed E-state index contributed by atoms with van der Waals surface area (Å²) < 4.78 is 53.8. The van der Waals surface area contributed by atoms with Gasteiger partial charge in [0.1, 0.15) is 12.1 Å². The molecule has 1 saturated heterocycles. The number of pyridine rings is 1. The number of carbonyl (C=O) groups is 2. The van der Waals surface area contributed by atoms with Gasteiger partial charge in [-0.25, -0.2) is 9.37 Å². The van der Waals surface area contributed by atoms with Gasteiger partial charge in [0, 0.05) is 48.0 Å². The van der Waals surface area contributed by atoms with Gasteiger partial charge >= 0.3 is 6.18 Å². The highest BCUT2D eigenvalue weighted by Crippen LogP contribution is 2.41. The molecule has 0 radical (unpaired) electrons. The number of amides is 1. The van der Waals surface area contributed by atoms with Crippen LogP contribution < -0.4 is 9.80 Å². The van der Waals surface area contributed by atoms with Gasteiger partial charge in [-0.15, -0.1) is 0 Å². The van der Waals surface area contributed by atoms with Crippen LogP contribution in [0.3, 0.4) is 0 Å². The number of anilines is 2. The molecule has 182 valence electrons. The van der Waals surface area contributed by atoms with E-state index in [-0.39, 0.29) is 35.2 Å². The predicted octanol–water partition coefficient (Wildman–Crippen LogP) is 6.28. The average molecular weight is 526 g/mol.